The maximum atomic E-state index is 8.37. The highest BCUT2D eigenvalue weighted by atomic mass is 14.8. The smallest absolute Gasteiger partial charge is 0.0622 e. The number of benzene rings is 1. The molecule has 2 nitrogen and oxygen atoms in total. The zero-order valence-electron chi connectivity index (χ0n) is 10.00. The first-order chi connectivity index (χ1) is 7.86. The summed E-state index contributed by atoms with van der Waals surface area (Å²) in [7, 11) is 0. The molecule has 0 aliphatic carbocycles. The second-order valence-electron chi connectivity index (χ2n) is 3.93. The third-order valence-electron chi connectivity index (χ3n) is 2.66. The molecule has 1 N–H and O–H groups in total. The first-order valence-electron chi connectivity index (χ1n) is 6.02. The molecule has 0 aliphatic heterocycles. The van der Waals surface area contributed by atoms with Crippen molar-refractivity contribution in [1.29, 1.82) is 5.26 Å². The van der Waals surface area contributed by atoms with Gasteiger partial charge in [-0.05, 0) is 43.5 Å². The van der Waals surface area contributed by atoms with E-state index in [1.54, 1.807) is 0 Å². The van der Waals surface area contributed by atoms with Crippen LogP contribution in [0.3, 0.4) is 0 Å². The fraction of sp³-hybridized carbons (Fsp3) is 0.500. The fourth-order valence-electron chi connectivity index (χ4n) is 1.59. The Hall–Kier alpha value is -1.33. The number of nitrogens with zero attached hydrogens (tertiary/aromatic N) is 1. The summed E-state index contributed by atoms with van der Waals surface area (Å²) in [4.78, 5) is 0. The Morgan fingerprint density at radius 2 is 1.81 bits per heavy atom. The van der Waals surface area contributed by atoms with E-state index in [-0.39, 0.29) is 0 Å². The van der Waals surface area contributed by atoms with Gasteiger partial charge in [0, 0.05) is 6.42 Å². The van der Waals surface area contributed by atoms with Crippen molar-refractivity contribution in [1.82, 2.24) is 5.32 Å². The van der Waals surface area contributed by atoms with Crippen LogP contribution in [0.15, 0.2) is 24.3 Å². The molecule has 0 bridgehead atoms. The van der Waals surface area contributed by atoms with Crippen LogP contribution < -0.4 is 5.32 Å². The Morgan fingerprint density at radius 1 is 1.12 bits per heavy atom. The summed E-state index contributed by atoms with van der Waals surface area (Å²) in [5.74, 6) is 0. The molecule has 0 aliphatic rings. The van der Waals surface area contributed by atoms with Crippen LogP contribution in [0.1, 0.15) is 30.9 Å². The summed E-state index contributed by atoms with van der Waals surface area (Å²) < 4.78 is 0. The zero-order chi connectivity index (χ0) is 11.6. The molecule has 0 aromatic heterocycles. The molecule has 0 unspecified atom stereocenters. The van der Waals surface area contributed by atoms with Crippen LogP contribution in [0.5, 0.6) is 0 Å². The average molecular weight is 216 g/mol. The topological polar surface area (TPSA) is 35.8 Å². The van der Waals surface area contributed by atoms with E-state index in [9.17, 15) is 0 Å². The summed E-state index contributed by atoms with van der Waals surface area (Å²) in [6.45, 7) is 4.11. The van der Waals surface area contributed by atoms with Gasteiger partial charge in [-0.15, -0.1) is 0 Å². The third kappa shape index (κ3) is 4.95. The molecule has 1 aromatic carbocycles. The van der Waals surface area contributed by atoms with Crippen molar-refractivity contribution in [3.63, 3.8) is 0 Å². The first-order valence-corrected chi connectivity index (χ1v) is 6.02. The number of nitriles is 1. The predicted octanol–water partition coefficient (Wildman–Crippen LogP) is 2.68. The van der Waals surface area contributed by atoms with Crippen LogP contribution >= 0.6 is 0 Å². The minimum Gasteiger partial charge on any atom is -0.316 e. The maximum Gasteiger partial charge on any atom is 0.0622 e. The summed E-state index contributed by atoms with van der Waals surface area (Å²) in [6, 6.07) is 11.0. The standard InChI is InChI=1S/C14H20N2/c1-2-13-5-7-14(8-6-13)9-12-16-11-4-3-10-15/h5-8,16H,2-4,9,11-12H2,1H3. The van der Waals surface area contributed by atoms with Gasteiger partial charge in [-0.3, -0.25) is 0 Å². The lowest BCUT2D eigenvalue weighted by Crippen LogP contribution is -2.18. The quantitative estimate of drug-likeness (QED) is 0.711. The van der Waals surface area contributed by atoms with Gasteiger partial charge in [-0.25, -0.2) is 0 Å². The highest BCUT2D eigenvalue weighted by molar-refractivity contribution is 5.22. The van der Waals surface area contributed by atoms with Crippen LogP contribution in [0.2, 0.25) is 0 Å². The molecule has 0 saturated carbocycles. The van der Waals surface area contributed by atoms with Crippen molar-refractivity contribution in [3.05, 3.63) is 35.4 Å². The normalized spacial score (nSPS) is 10.0. The number of rotatable bonds is 7. The van der Waals surface area contributed by atoms with Gasteiger partial charge < -0.3 is 5.32 Å². The van der Waals surface area contributed by atoms with Gasteiger partial charge in [0.25, 0.3) is 0 Å². The Balaban J connectivity index is 2.15. The van der Waals surface area contributed by atoms with Crippen LogP contribution in [-0.4, -0.2) is 13.1 Å². The van der Waals surface area contributed by atoms with Crippen LogP contribution in [0.25, 0.3) is 0 Å². The molecular formula is C14H20N2. The largest absolute Gasteiger partial charge is 0.316 e. The van der Waals surface area contributed by atoms with Crippen molar-refractivity contribution in [2.75, 3.05) is 13.1 Å². The Labute approximate surface area is 98.3 Å². The van der Waals surface area contributed by atoms with Crippen LogP contribution in [0.4, 0.5) is 0 Å². The highest BCUT2D eigenvalue weighted by Gasteiger charge is 1.93. The van der Waals surface area contributed by atoms with Crippen molar-refractivity contribution in [3.8, 4) is 6.07 Å². The van der Waals surface area contributed by atoms with Gasteiger partial charge in [0.2, 0.25) is 0 Å². The van der Waals surface area contributed by atoms with Gasteiger partial charge in [0.05, 0.1) is 6.07 Å². The summed E-state index contributed by atoms with van der Waals surface area (Å²) in [5.41, 5.74) is 2.77. The van der Waals surface area contributed by atoms with E-state index >= 15 is 0 Å². The van der Waals surface area contributed by atoms with Crippen molar-refractivity contribution in [2.24, 2.45) is 0 Å². The van der Waals surface area contributed by atoms with Gasteiger partial charge in [0.15, 0.2) is 0 Å². The van der Waals surface area contributed by atoms with E-state index < -0.39 is 0 Å². The first kappa shape index (κ1) is 12.7. The Kier molecular flexibility index (Phi) is 6.29. The molecule has 0 spiro atoms. The lowest BCUT2D eigenvalue weighted by atomic mass is 10.1. The number of hydrogen-bond donors (Lipinski definition) is 1. The molecule has 0 radical (unpaired) electrons. The summed E-state index contributed by atoms with van der Waals surface area (Å²) >= 11 is 0. The molecule has 1 aromatic rings. The predicted molar refractivity (Wildman–Crippen MR) is 67.2 cm³/mol. The van der Waals surface area contributed by atoms with E-state index in [4.69, 9.17) is 5.26 Å². The number of unbranched alkanes of at least 4 members (excludes halogenated alkanes) is 1. The van der Waals surface area contributed by atoms with Crippen LogP contribution in [0, 0.1) is 11.3 Å². The minimum absolute atomic E-state index is 0.651. The molecule has 16 heavy (non-hydrogen) atoms. The Morgan fingerprint density at radius 3 is 2.44 bits per heavy atom. The SMILES string of the molecule is CCc1ccc(CCNCCCC#N)cc1. The van der Waals surface area contributed by atoms with E-state index in [0.717, 1.165) is 32.4 Å². The summed E-state index contributed by atoms with van der Waals surface area (Å²) in [5, 5.41) is 11.7. The molecule has 0 fully saturated rings. The lowest BCUT2D eigenvalue weighted by Gasteiger charge is -2.04. The molecule has 86 valence electrons. The highest BCUT2D eigenvalue weighted by Crippen LogP contribution is 2.05. The van der Waals surface area contributed by atoms with Crippen molar-refractivity contribution < 1.29 is 0 Å². The van der Waals surface area contributed by atoms with E-state index in [1.165, 1.54) is 11.1 Å². The zero-order valence-corrected chi connectivity index (χ0v) is 10.00. The monoisotopic (exact) mass is 216 g/mol. The number of hydrogen-bond acceptors (Lipinski definition) is 2. The van der Waals surface area contributed by atoms with E-state index in [0.29, 0.717) is 6.42 Å². The second-order valence-corrected chi connectivity index (χ2v) is 3.93. The third-order valence-corrected chi connectivity index (χ3v) is 2.66. The molecule has 2 heteroatoms. The molecular weight excluding hydrogens is 196 g/mol. The minimum atomic E-state index is 0.651. The fourth-order valence-corrected chi connectivity index (χ4v) is 1.59. The van der Waals surface area contributed by atoms with E-state index in [2.05, 4.69) is 42.6 Å². The van der Waals surface area contributed by atoms with Crippen molar-refractivity contribution in [2.45, 2.75) is 32.6 Å². The lowest BCUT2D eigenvalue weighted by molar-refractivity contribution is 0.655. The molecule has 0 saturated heterocycles. The van der Waals surface area contributed by atoms with Crippen molar-refractivity contribution >= 4 is 0 Å². The molecule has 1 rings (SSSR count). The molecule has 0 heterocycles. The Bertz CT molecular complexity index is 322. The van der Waals surface area contributed by atoms with Gasteiger partial charge in [0.1, 0.15) is 0 Å². The second kappa shape index (κ2) is 7.90. The molecule has 0 amide bonds. The van der Waals surface area contributed by atoms with Gasteiger partial charge >= 0.3 is 0 Å². The van der Waals surface area contributed by atoms with Crippen LogP contribution in [-0.2, 0) is 12.8 Å². The number of nitrogens with one attached hydrogen (secondary N) is 1. The van der Waals surface area contributed by atoms with Gasteiger partial charge in [-0.1, -0.05) is 31.2 Å². The van der Waals surface area contributed by atoms with E-state index in [1.807, 2.05) is 0 Å². The van der Waals surface area contributed by atoms with Gasteiger partial charge in [-0.2, -0.15) is 5.26 Å². The average Bonchev–Trinajstić information content (AvgIpc) is 2.34. The number of aryl methyl sites for hydroxylation is 1. The summed E-state index contributed by atoms with van der Waals surface area (Å²) in [6.07, 6.45) is 3.77. The molecule has 0 atom stereocenters. The maximum absolute atomic E-state index is 8.37.